The predicted octanol–water partition coefficient (Wildman–Crippen LogP) is 3.52. The van der Waals surface area contributed by atoms with Crippen LogP contribution in [0.1, 0.15) is 30.7 Å². The van der Waals surface area contributed by atoms with Crippen LogP contribution in [0.15, 0.2) is 40.9 Å². The SMILES string of the molecule is COc1ccc(C2C(C#N)=C(N)N(c3n[nH]c(=S)s3)C3=C2C(=O)CCC3)cc1OC. The summed E-state index contributed by atoms with van der Waals surface area (Å²) >= 11 is 6.41. The molecule has 2 aliphatic rings. The molecule has 2 aromatic rings. The topological polar surface area (TPSA) is 117 Å². The minimum atomic E-state index is -0.583. The van der Waals surface area contributed by atoms with Crippen LogP contribution < -0.4 is 20.1 Å². The first-order valence-electron chi connectivity index (χ1n) is 9.23. The van der Waals surface area contributed by atoms with Crippen molar-refractivity contribution >= 4 is 34.5 Å². The Labute approximate surface area is 182 Å². The quantitative estimate of drug-likeness (QED) is 0.692. The molecule has 154 valence electrons. The van der Waals surface area contributed by atoms with Crippen molar-refractivity contribution in [2.45, 2.75) is 25.2 Å². The number of nitrogens with one attached hydrogen (secondary N) is 1. The number of nitriles is 1. The molecule has 0 bridgehead atoms. The molecule has 30 heavy (non-hydrogen) atoms. The highest BCUT2D eigenvalue weighted by Crippen LogP contribution is 2.47. The molecular weight excluding hydrogens is 422 g/mol. The molecule has 8 nitrogen and oxygen atoms in total. The molecule has 3 N–H and O–H groups in total. The number of carbonyl (C=O) groups excluding carboxylic acids is 1. The fraction of sp³-hybridized carbons (Fsp3) is 0.300. The van der Waals surface area contributed by atoms with Gasteiger partial charge in [0.05, 0.1) is 31.8 Å². The van der Waals surface area contributed by atoms with Gasteiger partial charge in [0, 0.05) is 17.7 Å². The predicted molar refractivity (Wildman–Crippen MR) is 115 cm³/mol. The summed E-state index contributed by atoms with van der Waals surface area (Å²) in [4.78, 5) is 14.8. The van der Waals surface area contributed by atoms with Gasteiger partial charge in [-0.25, -0.2) is 0 Å². The Morgan fingerprint density at radius 3 is 2.73 bits per heavy atom. The highest BCUT2D eigenvalue weighted by atomic mass is 32.1. The highest BCUT2D eigenvalue weighted by molar-refractivity contribution is 7.73. The molecule has 0 radical (unpaired) electrons. The van der Waals surface area contributed by atoms with Crippen LogP contribution in [0, 0.1) is 15.3 Å². The summed E-state index contributed by atoms with van der Waals surface area (Å²) in [7, 11) is 3.10. The molecule has 1 aliphatic carbocycles. The number of benzene rings is 1. The molecule has 0 saturated carbocycles. The zero-order valence-corrected chi connectivity index (χ0v) is 18.0. The summed E-state index contributed by atoms with van der Waals surface area (Å²) in [5, 5.41) is 17.5. The lowest BCUT2D eigenvalue weighted by Gasteiger charge is -2.38. The Kier molecular flexibility index (Phi) is 5.32. The molecule has 4 rings (SSSR count). The minimum Gasteiger partial charge on any atom is -0.493 e. The number of ketones is 1. The number of hydrogen-bond donors (Lipinski definition) is 2. The van der Waals surface area contributed by atoms with Crippen LogP contribution in [0.5, 0.6) is 11.5 Å². The van der Waals surface area contributed by atoms with E-state index in [9.17, 15) is 10.1 Å². The van der Waals surface area contributed by atoms with Crippen molar-refractivity contribution in [1.29, 1.82) is 5.26 Å². The van der Waals surface area contributed by atoms with Crippen molar-refractivity contribution in [1.82, 2.24) is 10.2 Å². The van der Waals surface area contributed by atoms with Crippen molar-refractivity contribution < 1.29 is 14.3 Å². The Hall–Kier alpha value is -3.16. The lowest BCUT2D eigenvalue weighted by molar-refractivity contribution is -0.116. The lowest BCUT2D eigenvalue weighted by Crippen LogP contribution is -2.38. The van der Waals surface area contributed by atoms with Gasteiger partial charge in [0.15, 0.2) is 21.2 Å². The van der Waals surface area contributed by atoms with E-state index in [-0.39, 0.29) is 17.2 Å². The van der Waals surface area contributed by atoms with Gasteiger partial charge in [0.1, 0.15) is 5.82 Å². The summed E-state index contributed by atoms with van der Waals surface area (Å²) in [6.45, 7) is 0. The van der Waals surface area contributed by atoms with Gasteiger partial charge in [0.2, 0.25) is 5.13 Å². The number of H-pyrrole nitrogens is 1. The number of allylic oxidation sites excluding steroid dienone is 3. The van der Waals surface area contributed by atoms with Crippen molar-refractivity contribution in [2.24, 2.45) is 5.73 Å². The third-order valence-corrected chi connectivity index (χ3v) is 6.35. The van der Waals surface area contributed by atoms with E-state index < -0.39 is 5.92 Å². The molecule has 10 heteroatoms. The van der Waals surface area contributed by atoms with E-state index in [1.165, 1.54) is 11.3 Å². The van der Waals surface area contributed by atoms with E-state index >= 15 is 0 Å². The maximum absolute atomic E-state index is 13.1. The molecule has 0 spiro atoms. The van der Waals surface area contributed by atoms with Gasteiger partial charge in [-0.05, 0) is 42.8 Å². The van der Waals surface area contributed by atoms with Crippen LogP contribution in [0.4, 0.5) is 5.13 Å². The second-order valence-electron chi connectivity index (χ2n) is 6.83. The Morgan fingerprint density at radius 2 is 2.10 bits per heavy atom. The van der Waals surface area contributed by atoms with Gasteiger partial charge in [-0.1, -0.05) is 17.4 Å². The fourth-order valence-corrected chi connectivity index (χ4v) is 4.91. The van der Waals surface area contributed by atoms with Crippen LogP contribution in [0.25, 0.3) is 0 Å². The lowest BCUT2D eigenvalue weighted by atomic mass is 9.75. The number of aromatic amines is 1. The largest absolute Gasteiger partial charge is 0.493 e. The van der Waals surface area contributed by atoms with E-state index in [4.69, 9.17) is 27.4 Å². The maximum Gasteiger partial charge on any atom is 0.216 e. The molecular formula is C20H19N5O3S2. The molecule has 0 fully saturated rings. The zero-order valence-electron chi connectivity index (χ0n) is 16.4. The van der Waals surface area contributed by atoms with E-state index in [0.29, 0.717) is 45.4 Å². The van der Waals surface area contributed by atoms with E-state index in [1.807, 2.05) is 6.07 Å². The normalized spacial score (nSPS) is 18.9. The van der Waals surface area contributed by atoms with Crippen molar-refractivity contribution in [3.8, 4) is 17.6 Å². The number of methoxy groups -OCH3 is 2. The molecule has 1 aromatic carbocycles. The number of rotatable bonds is 4. The van der Waals surface area contributed by atoms with Crippen LogP contribution in [-0.4, -0.2) is 30.2 Å². The minimum absolute atomic E-state index is 0.000387. The van der Waals surface area contributed by atoms with Gasteiger partial charge in [0.25, 0.3) is 0 Å². The van der Waals surface area contributed by atoms with Gasteiger partial charge >= 0.3 is 0 Å². The van der Waals surface area contributed by atoms with Gasteiger partial charge in [-0.3, -0.25) is 14.8 Å². The number of ether oxygens (including phenoxy) is 2. The first-order chi connectivity index (χ1) is 14.5. The van der Waals surface area contributed by atoms with Gasteiger partial charge in [-0.15, -0.1) is 5.10 Å². The number of hydrogen-bond acceptors (Lipinski definition) is 9. The summed E-state index contributed by atoms with van der Waals surface area (Å²) in [5.41, 5.74) is 8.85. The van der Waals surface area contributed by atoms with Crippen molar-refractivity contribution in [3.05, 3.63) is 50.4 Å². The average Bonchev–Trinajstić information content (AvgIpc) is 3.18. The van der Waals surface area contributed by atoms with Crippen LogP contribution in [0.2, 0.25) is 0 Å². The number of nitrogens with zero attached hydrogens (tertiary/aromatic N) is 3. The third kappa shape index (κ3) is 3.16. The second-order valence-corrected chi connectivity index (χ2v) is 8.47. The first kappa shape index (κ1) is 20.1. The van der Waals surface area contributed by atoms with Crippen LogP contribution in [0.3, 0.4) is 0 Å². The molecule has 1 aliphatic heterocycles. The van der Waals surface area contributed by atoms with E-state index in [2.05, 4.69) is 16.3 Å². The van der Waals surface area contributed by atoms with Crippen molar-refractivity contribution in [2.75, 3.05) is 19.1 Å². The molecule has 1 aromatic heterocycles. The summed E-state index contributed by atoms with van der Waals surface area (Å²) < 4.78 is 11.2. The summed E-state index contributed by atoms with van der Waals surface area (Å²) in [6, 6.07) is 7.60. The fourth-order valence-electron chi connectivity index (χ4n) is 3.99. The Bertz CT molecular complexity index is 1190. The molecule has 2 heterocycles. The number of nitrogens with two attached hydrogens (primary N) is 1. The number of carbonyl (C=O) groups is 1. The third-order valence-electron chi connectivity index (χ3n) is 5.27. The van der Waals surface area contributed by atoms with Crippen molar-refractivity contribution in [3.63, 3.8) is 0 Å². The molecule has 1 unspecified atom stereocenters. The summed E-state index contributed by atoms with van der Waals surface area (Å²) in [6.07, 6.45) is 1.78. The van der Waals surface area contributed by atoms with Gasteiger partial charge < -0.3 is 15.2 Å². The Morgan fingerprint density at radius 1 is 1.33 bits per heavy atom. The number of Topliss-reactive ketones (excluding diaryl/α,β-unsaturated/α-hetero) is 1. The average molecular weight is 442 g/mol. The number of anilines is 1. The molecule has 0 amide bonds. The van der Waals surface area contributed by atoms with Crippen LogP contribution >= 0.6 is 23.6 Å². The van der Waals surface area contributed by atoms with E-state index in [0.717, 1.165) is 11.3 Å². The van der Waals surface area contributed by atoms with Gasteiger partial charge in [-0.2, -0.15) is 5.26 Å². The highest BCUT2D eigenvalue weighted by Gasteiger charge is 2.41. The summed E-state index contributed by atoms with van der Waals surface area (Å²) in [5.74, 6) is 0.753. The van der Waals surface area contributed by atoms with Crippen LogP contribution in [-0.2, 0) is 4.79 Å². The monoisotopic (exact) mass is 441 g/mol. The maximum atomic E-state index is 13.1. The first-order valence-corrected chi connectivity index (χ1v) is 10.5. The smallest absolute Gasteiger partial charge is 0.216 e. The molecule has 1 atom stereocenters. The van der Waals surface area contributed by atoms with E-state index in [1.54, 1.807) is 31.3 Å². The number of aromatic nitrogens is 2. The molecule has 0 saturated heterocycles. The zero-order chi connectivity index (χ0) is 21.4. The Balaban J connectivity index is 1.96. The standard InChI is InChI=1S/C20H19N5O3S2/c1-27-14-7-6-10(8-15(14)28-2)16-11(9-21)18(22)25(19-23-24-20(29)30-19)12-4-3-5-13(26)17(12)16/h6-8,16H,3-5,22H2,1-2H3,(H,24,29). The second kappa shape index (κ2) is 7.93.